The molecule has 110 valence electrons. The number of rotatable bonds is 4. The van der Waals surface area contributed by atoms with E-state index in [1.54, 1.807) is 13.0 Å². The minimum Gasteiger partial charge on any atom is -0.478 e. The Hall–Kier alpha value is -1.72. The number of hydrogen-bond acceptors (Lipinski definition) is 2. The van der Waals surface area contributed by atoms with Crippen molar-refractivity contribution in [1.29, 1.82) is 0 Å². The van der Waals surface area contributed by atoms with Gasteiger partial charge in [0.1, 0.15) is 5.82 Å². The lowest BCUT2D eigenvalue weighted by atomic mass is 10.1. The van der Waals surface area contributed by atoms with Gasteiger partial charge >= 0.3 is 5.97 Å². The minimum atomic E-state index is -1.43. The van der Waals surface area contributed by atoms with E-state index in [0.717, 1.165) is 5.56 Å². The van der Waals surface area contributed by atoms with Crippen molar-refractivity contribution in [2.45, 2.75) is 17.6 Å². The standard InChI is InChI=1S/C15H12ClFO3S/c1-9-6-11(17)3-2-10(9)8-21(20)12-4-5-14(16)13(7-12)15(18)19/h2-7H,8H2,1H3,(H,18,19). The maximum Gasteiger partial charge on any atom is 0.337 e. The second kappa shape index (κ2) is 6.37. The first-order valence-electron chi connectivity index (χ1n) is 6.04. The number of carboxylic acid groups (broad SMARTS) is 1. The van der Waals surface area contributed by atoms with Crippen LogP contribution in [0.5, 0.6) is 0 Å². The van der Waals surface area contributed by atoms with Gasteiger partial charge in [0.15, 0.2) is 0 Å². The summed E-state index contributed by atoms with van der Waals surface area (Å²) in [6.45, 7) is 1.74. The maximum atomic E-state index is 13.0. The second-order valence-corrected chi connectivity index (χ2v) is 6.37. The third-order valence-electron chi connectivity index (χ3n) is 3.02. The van der Waals surface area contributed by atoms with E-state index in [1.807, 2.05) is 0 Å². The van der Waals surface area contributed by atoms with Crippen LogP contribution in [0.3, 0.4) is 0 Å². The summed E-state index contributed by atoms with van der Waals surface area (Å²) in [7, 11) is -1.43. The number of carboxylic acids is 1. The van der Waals surface area contributed by atoms with Crippen LogP contribution < -0.4 is 0 Å². The van der Waals surface area contributed by atoms with Gasteiger partial charge in [-0.2, -0.15) is 0 Å². The molecule has 1 atom stereocenters. The normalized spacial score (nSPS) is 12.1. The van der Waals surface area contributed by atoms with Crippen LogP contribution in [0.2, 0.25) is 5.02 Å². The molecule has 1 unspecified atom stereocenters. The van der Waals surface area contributed by atoms with Gasteiger partial charge in [-0.1, -0.05) is 17.7 Å². The van der Waals surface area contributed by atoms with Gasteiger partial charge < -0.3 is 5.11 Å². The van der Waals surface area contributed by atoms with Gasteiger partial charge in [-0.3, -0.25) is 4.21 Å². The Morgan fingerprint density at radius 2 is 2.00 bits per heavy atom. The van der Waals surface area contributed by atoms with Gasteiger partial charge in [0, 0.05) is 4.90 Å². The first-order chi connectivity index (χ1) is 9.88. The maximum absolute atomic E-state index is 13.0. The summed E-state index contributed by atoms with van der Waals surface area (Å²) in [6, 6.07) is 8.51. The van der Waals surface area contributed by atoms with Gasteiger partial charge in [0.05, 0.1) is 27.1 Å². The average Bonchev–Trinajstić information content (AvgIpc) is 2.42. The summed E-state index contributed by atoms with van der Waals surface area (Å²) in [5.41, 5.74) is 1.37. The third-order valence-corrected chi connectivity index (χ3v) is 4.70. The number of benzene rings is 2. The summed E-state index contributed by atoms with van der Waals surface area (Å²) >= 11 is 5.78. The van der Waals surface area contributed by atoms with Gasteiger partial charge in [-0.25, -0.2) is 9.18 Å². The molecule has 0 saturated heterocycles. The Kier molecular flexibility index (Phi) is 4.75. The van der Waals surface area contributed by atoms with Crippen molar-refractivity contribution >= 4 is 28.4 Å². The van der Waals surface area contributed by atoms with Gasteiger partial charge in [-0.05, 0) is 48.4 Å². The Balaban J connectivity index is 2.28. The molecule has 0 aromatic heterocycles. The molecular formula is C15H12ClFO3S. The monoisotopic (exact) mass is 326 g/mol. The Labute approximate surface area is 128 Å². The highest BCUT2D eigenvalue weighted by atomic mass is 35.5. The molecule has 0 aliphatic carbocycles. The van der Waals surface area contributed by atoms with Gasteiger partial charge in [-0.15, -0.1) is 0 Å². The van der Waals surface area contributed by atoms with Crippen LogP contribution in [-0.2, 0) is 16.6 Å². The zero-order valence-electron chi connectivity index (χ0n) is 11.1. The summed E-state index contributed by atoms with van der Waals surface area (Å²) in [5.74, 6) is -1.33. The van der Waals surface area contributed by atoms with Gasteiger partial charge in [0.2, 0.25) is 0 Å². The molecule has 0 bridgehead atoms. The SMILES string of the molecule is Cc1cc(F)ccc1CS(=O)c1ccc(Cl)c(C(=O)O)c1. The van der Waals surface area contributed by atoms with Crippen molar-refractivity contribution in [3.8, 4) is 0 Å². The van der Waals surface area contributed by atoms with Crippen molar-refractivity contribution in [3.63, 3.8) is 0 Å². The van der Waals surface area contributed by atoms with E-state index >= 15 is 0 Å². The van der Waals surface area contributed by atoms with Gasteiger partial charge in [0.25, 0.3) is 0 Å². The molecule has 6 heteroatoms. The highest BCUT2D eigenvalue weighted by Gasteiger charge is 2.13. The zero-order valence-corrected chi connectivity index (χ0v) is 12.7. The number of aryl methyl sites for hydroxylation is 1. The first-order valence-corrected chi connectivity index (χ1v) is 7.74. The molecule has 0 amide bonds. The van der Waals surface area contributed by atoms with Crippen molar-refractivity contribution in [3.05, 3.63) is 63.9 Å². The van der Waals surface area contributed by atoms with Crippen LogP contribution in [-0.4, -0.2) is 15.3 Å². The predicted octanol–water partition coefficient (Wildman–Crippen LogP) is 3.79. The molecule has 21 heavy (non-hydrogen) atoms. The van der Waals surface area contributed by atoms with Crippen LogP contribution in [0.25, 0.3) is 0 Å². The molecule has 1 N–H and O–H groups in total. The van der Waals surface area contributed by atoms with E-state index in [4.69, 9.17) is 16.7 Å². The highest BCUT2D eigenvalue weighted by Crippen LogP contribution is 2.22. The summed E-state index contributed by atoms with van der Waals surface area (Å²) in [4.78, 5) is 11.4. The lowest BCUT2D eigenvalue weighted by Gasteiger charge is -2.07. The number of aromatic carboxylic acids is 1. The molecule has 0 spiro atoms. The fraction of sp³-hybridized carbons (Fsp3) is 0.133. The smallest absolute Gasteiger partial charge is 0.337 e. The van der Waals surface area contributed by atoms with E-state index in [0.29, 0.717) is 10.5 Å². The van der Waals surface area contributed by atoms with Crippen LogP contribution in [0.1, 0.15) is 21.5 Å². The summed E-state index contributed by atoms with van der Waals surface area (Å²) in [6.07, 6.45) is 0. The molecule has 0 saturated carbocycles. The minimum absolute atomic E-state index is 0.0849. The van der Waals surface area contributed by atoms with Crippen LogP contribution in [0.15, 0.2) is 41.3 Å². The van der Waals surface area contributed by atoms with Crippen molar-refractivity contribution in [2.24, 2.45) is 0 Å². The quantitative estimate of drug-likeness (QED) is 0.930. The Bertz CT molecular complexity index is 731. The zero-order chi connectivity index (χ0) is 15.6. The number of hydrogen-bond donors (Lipinski definition) is 1. The molecule has 0 radical (unpaired) electrons. The van der Waals surface area contributed by atoms with E-state index in [2.05, 4.69) is 0 Å². The van der Waals surface area contributed by atoms with E-state index < -0.39 is 16.8 Å². The van der Waals surface area contributed by atoms with E-state index in [9.17, 15) is 13.4 Å². The Morgan fingerprint density at radius 1 is 1.29 bits per heavy atom. The van der Waals surface area contributed by atoms with Crippen LogP contribution >= 0.6 is 11.6 Å². The van der Waals surface area contributed by atoms with E-state index in [-0.39, 0.29) is 22.2 Å². The fourth-order valence-corrected chi connectivity index (χ4v) is 3.30. The third kappa shape index (κ3) is 3.68. The molecule has 2 aromatic rings. The summed E-state index contributed by atoms with van der Waals surface area (Å²) in [5, 5.41) is 9.11. The largest absolute Gasteiger partial charge is 0.478 e. The first kappa shape index (κ1) is 15.7. The molecule has 0 heterocycles. The second-order valence-electron chi connectivity index (χ2n) is 4.51. The molecular weight excluding hydrogens is 315 g/mol. The lowest BCUT2D eigenvalue weighted by Crippen LogP contribution is -2.03. The number of carbonyl (C=O) groups is 1. The summed E-state index contributed by atoms with van der Waals surface area (Å²) < 4.78 is 25.4. The van der Waals surface area contributed by atoms with Crippen LogP contribution in [0.4, 0.5) is 4.39 Å². The highest BCUT2D eigenvalue weighted by molar-refractivity contribution is 7.84. The van der Waals surface area contributed by atoms with Crippen molar-refractivity contribution in [1.82, 2.24) is 0 Å². The van der Waals surface area contributed by atoms with E-state index in [1.165, 1.54) is 30.3 Å². The predicted molar refractivity (Wildman–Crippen MR) is 79.7 cm³/mol. The van der Waals surface area contributed by atoms with Crippen LogP contribution in [0, 0.1) is 12.7 Å². The topological polar surface area (TPSA) is 54.4 Å². The fourth-order valence-electron chi connectivity index (χ4n) is 1.86. The lowest BCUT2D eigenvalue weighted by molar-refractivity contribution is 0.0697. The Morgan fingerprint density at radius 3 is 2.62 bits per heavy atom. The van der Waals surface area contributed by atoms with Crippen molar-refractivity contribution in [2.75, 3.05) is 0 Å². The van der Waals surface area contributed by atoms with Crippen molar-refractivity contribution < 1.29 is 18.5 Å². The molecule has 0 fully saturated rings. The average molecular weight is 327 g/mol. The molecule has 0 aliphatic heterocycles. The molecule has 2 rings (SSSR count). The molecule has 0 aliphatic rings. The molecule has 2 aromatic carbocycles. The molecule has 3 nitrogen and oxygen atoms in total. The number of halogens is 2.